The zero-order valence-corrected chi connectivity index (χ0v) is 20.3. The average Bonchev–Trinajstić information content (AvgIpc) is 2.60. The van der Waals surface area contributed by atoms with Crippen LogP contribution in [-0.2, 0) is 0 Å². The minimum Gasteiger partial charge on any atom is -0.202 e. The molecular weight excluding hydrogens is 367 g/mol. The predicted molar refractivity (Wildman–Crippen MR) is 123 cm³/mol. The molecule has 0 rings (SSSR count). The van der Waals surface area contributed by atoms with Gasteiger partial charge >= 0.3 is 7.87 Å². The first kappa shape index (κ1) is 27.8. The summed E-state index contributed by atoms with van der Waals surface area (Å²) in [6.45, 7) is 10.5. The van der Waals surface area contributed by atoms with E-state index < -0.39 is 7.87 Å². The molecule has 0 amide bonds. The molecule has 0 atom stereocenters. The lowest BCUT2D eigenvalue weighted by Crippen LogP contribution is -2.47. The van der Waals surface area contributed by atoms with Gasteiger partial charge in [0.05, 0.1) is 18.0 Å². The Morgan fingerprint density at radius 3 is 1.68 bits per heavy atom. The van der Waals surface area contributed by atoms with Crippen molar-refractivity contribution in [2.24, 2.45) is 0 Å². The maximum atomic E-state index is 10.6. The van der Waals surface area contributed by atoms with Crippen LogP contribution in [0.4, 0.5) is 0 Å². The van der Waals surface area contributed by atoms with Gasteiger partial charge in [-0.1, -0.05) is 84.0 Å². The minimum atomic E-state index is -3.22. The Labute approximate surface area is 176 Å². The second-order valence-corrected chi connectivity index (χ2v) is 11.5. The van der Waals surface area contributed by atoms with Crippen LogP contribution >= 0.6 is 7.87 Å². The van der Waals surface area contributed by atoms with Crippen molar-refractivity contribution in [1.82, 2.24) is 4.67 Å². The van der Waals surface area contributed by atoms with Crippen molar-refractivity contribution >= 4 is 7.87 Å². The fourth-order valence-corrected chi connectivity index (χ4v) is 6.65. The molecule has 166 valence electrons. The SMILES string of the molecule is CCCCCCCCCCCCCCC(C)(C)N(C(C)C)[P+](O)(O)CCC#N. The summed E-state index contributed by atoms with van der Waals surface area (Å²) in [4.78, 5) is 21.3. The van der Waals surface area contributed by atoms with Gasteiger partial charge in [0.1, 0.15) is 6.16 Å². The van der Waals surface area contributed by atoms with Crippen LogP contribution < -0.4 is 0 Å². The molecule has 0 bridgehead atoms. The smallest absolute Gasteiger partial charge is 0.202 e. The highest BCUT2D eigenvalue weighted by Gasteiger charge is 2.50. The summed E-state index contributed by atoms with van der Waals surface area (Å²) in [7, 11) is -3.22. The van der Waals surface area contributed by atoms with Crippen molar-refractivity contribution in [2.75, 3.05) is 6.16 Å². The largest absolute Gasteiger partial charge is 0.344 e. The predicted octanol–water partition coefficient (Wildman–Crippen LogP) is 7.23. The molecule has 4 nitrogen and oxygen atoms in total. The van der Waals surface area contributed by atoms with E-state index >= 15 is 0 Å². The van der Waals surface area contributed by atoms with Crippen molar-refractivity contribution in [3.8, 4) is 6.07 Å². The van der Waals surface area contributed by atoms with Crippen LogP contribution in [0.15, 0.2) is 0 Å². The first-order chi connectivity index (χ1) is 13.2. The van der Waals surface area contributed by atoms with Gasteiger partial charge in [0.25, 0.3) is 0 Å². The number of nitriles is 1. The Morgan fingerprint density at radius 2 is 1.29 bits per heavy atom. The molecular formula is C23H48N2O2P+. The summed E-state index contributed by atoms with van der Waals surface area (Å²) in [5.41, 5.74) is -0.264. The first-order valence-corrected chi connectivity index (χ1v) is 13.5. The fourth-order valence-electron chi connectivity index (χ4n) is 4.32. The lowest BCUT2D eigenvalue weighted by Gasteiger charge is -2.41. The molecule has 0 aromatic rings. The van der Waals surface area contributed by atoms with Gasteiger partial charge in [-0.05, 0) is 34.1 Å². The van der Waals surface area contributed by atoms with Crippen molar-refractivity contribution in [2.45, 2.75) is 136 Å². The number of rotatable bonds is 18. The average molecular weight is 416 g/mol. The zero-order chi connectivity index (χ0) is 21.5. The van der Waals surface area contributed by atoms with Crippen LogP contribution in [0.1, 0.15) is 125 Å². The molecule has 0 heterocycles. The molecule has 0 unspecified atom stereocenters. The van der Waals surface area contributed by atoms with Crippen LogP contribution in [0.2, 0.25) is 0 Å². The van der Waals surface area contributed by atoms with E-state index in [0.717, 1.165) is 12.8 Å². The van der Waals surface area contributed by atoms with Gasteiger partial charge < -0.3 is 0 Å². The Kier molecular flexibility index (Phi) is 15.5. The first-order valence-electron chi connectivity index (χ1n) is 11.7. The molecule has 0 spiro atoms. The van der Waals surface area contributed by atoms with E-state index in [0.29, 0.717) is 0 Å². The van der Waals surface area contributed by atoms with E-state index in [-0.39, 0.29) is 24.2 Å². The number of hydrogen-bond donors (Lipinski definition) is 2. The van der Waals surface area contributed by atoms with E-state index in [1.807, 2.05) is 24.6 Å². The molecule has 0 aliphatic rings. The summed E-state index contributed by atoms with van der Waals surface area (Å²) in [6.07, 6.45) is 17.3. The highest BCUT2D eigenvalue weighted by atomic mass is 31.2. The third-order valence-electron chi connectivity index (χ3n) is 5.62. The Morgan fingerprint density at radius 1 is 0.857 bits per heavy atom. The summed E-state index contributed by atoms with van der Waals surface area (Å²) in [5.74, 6) is 0. The second-order valence-electron chi connectivity index (χ2n) is 9.21. The molecule has 5 heteroatoms. The monoisotopic (exact) mass is 415 g/mol. The van der Waals surface area contributed by atoms with Gasteiger partial charge in [-0.25, -0.2) is 9.79 Å². The molecule has 0 aliphatic heterocycles. The van der Waals surface area contributed by atoms with Crippen LogP contribution in [-0.4, -0.2) is 32.2 Å². The van der Waals surface area contributed by atoms with Gasteiger partial charge in [-0.15, -0.1) is 4.67 Å². The topological polar surface area (TPSA) is 67.5 Å². The van der Waals surface area contributed by atoms with Gasteiger partial charge in [0.15, 0.2) is 0 Å². The third kappa shape index (κ3) is 12.4. The highest BCUT2D eigenvalue weighted by molar-refractivity contribution is 7.62. The lowest BCUT2D eigenvalue weighted by atomic mass is 9.95. The molecule has 0 radical (unpaired) electrons. The van der Waals surface area contributed by atoms with Crippen molar-refractivity contribution in [1.29, 1.82) is 5.26 Å². The summed E-state index contributed by atoms with van der Waals surface area (Å²) in [5, 5.41) is 8.81. The second kappa shape index (κ2) is 15.6. The molecule has 0 aromatic heterocycles. The molecule has 0 saturated carbocycles. The molecule has 2 N–H and O–H groups in total. The van der Waals surface area contributed by atoms with Crippen LogP contribution in [0, 0.1) is 11.3 Å². The molecule has 0 saturated heterocycles. The number of hydrogen-bond acceptors (Lipinski definition) is 4. The molecule has 0 aromatic carbocycles. The maximum absolute atomic E-state index is 10.6. The summed E-state index contributed by atoms with van der Waals surface area (Å²) in [6, 6.07) is 2.09. The molecule has 0 aliphatic carbocycles. The van der Waals surface area contributed by atoms with Crippen LogP contribution in [0.25, 0.3) is 0 Å². The van der Waals surface area contributed by atoms with Crippen LogP contribution in [0.5, 0.6) is 0 Å². The summed E-state index contributed by atoms with van der Waals surface area (Å²) < 4.78 is 1.88. The van der Waals surface area contributed by atoms with E-state index in [2.05, 4.69) is 20.8 Å². The zero-order valence-electron chi connectivity index (χ0n) is 19.4. The van der Waals surface area contributed by atoms with Gasteiger partial charge in [0.2, 0.25) is 0 Å². The van der Waals surface area contributed by atoms with Crippen molar-refractivity contribution in [3.63, 3.8) is 0 Å². The Hall–Kier alpha value is -0.200. The van der Waals surface area contributed by atoms with E-state index in [9.17, 15) is 9.79 Å². The fraction of sp³-hybridized carbons (Fsp3) is 0.957. The number of unbranched alkanes of at least 4 members (excludes halogenated alkanes) is 11. The third-order valence-corrected chi connectivity index (χ3v) is 8.14. The highest BCUT2D eigenvalue weighted by Crippen LogP contribution is 2.59. The van der Waals surface area contributed by atoms with Crippen molar-refractivity contribution in [3.05, 3.63) is 0 Å². The number of nitrogens with zero attached hydrogens (tertiary/aromatic N) is 2. The summed E-state index contributed by atoms with van der Waals surface area (Å²) >= 11 is 0. The lowest BCUT2D eigenvalue weighted by molar-refractivity contribution is 0.140. The van der Waals surface area contributed by atoms with Gasteiger partial charge in [0, 0.05) is 6.04 Å². The quantitative estimate of drug-likeness (QED) is 0.183. The maximum Gasteiger partial charge on any atom is 0.344 e. The normalized spacial score (nSPS) is 12.7. The van der Waals surface area contributed by atoms with Crippen molar-refractivity contribution < 1.29 is 9.79 Å². The Balaban J connectivity index is 4.06. The van der Waals surface area contributed by atoms with Gasteiger partial charge in [-0.2, -0.15) is 5.26 Å². The van der Waals surface area contributed by atoms with E-state index in [1.165, 1.54) is 70.6 Å². The molecule has 28 heavy (non-hydrogen) atoms. The van der Waals surface area contributed by atoms with E-state index in [4.69, 9.17) is 5.26 Å². The van der Waals surface area contributed by atoms with Gasteiger partial charge in [-0.3, -0.25) is 0 Å². The molecule has 0 fully saturated rings. The standard InChI is InChI=1S/C23H48N2O2P/c1-6-7-8-9-10-11-12-13-14-15-16-17-19-23(4,5)25(22(2)3)28(26,27)21-18-20-24/h22,26-27H,6-19,21H2,1-5H3/q+1. The Bertz CT molecular complexity index is 419. The van der Waals surface area contributed by atoms with E-state index in [1.54, 1.807) is 0 Å². The van der Waals surface area contributed by atoms with Crippen LogP contribution in [0.3, 0.4) is 0 Å². The minimum absolute atomic E-state index is 0.0503.